The van der Waals surface area contributed by atoms with Gasteiger partial charge in [-0.25, -0.2) is 9.97 Å². The second-order valence-electron chi connectivity index (χ2n) is 7.23. The van der Waals surface area contributed by atoms with Crippen LogP contribution in [0.3, 0.4) is 0 Å². The maximum Gasteiger partial charge on any atom is 0.252 e. The Morgan fingerprint density at radius 1 is 1.31 bits per heavy atom. The van der Waals surface area contributed by atoms with Gasteiger partial charge >= 0.3 is 0 Å². The van der Waals surface area contributed by atoms with Gasteiger partial charge in [-0.15, -0.1) is 0 Å². The maximum atomic E-state index is 11.8. The van der Waals surface area contributed by atoms with Crippen LogP contribution in [0.25, 0.3) is 0 Å². The number of rotatable bonds is 5. The van der Waals surface area contributed by atoms with Crippen molar-refractivity contribution in [2.75, 3.05) is 29.9 Å². The fourth-order valence-electron chi connectivity index (χ4n) is 4.02. The van der Waals surface area contributed by atoms with E-state index in [0.717, 1.165) is 63.3 Å². The Morgan fingerprint density at radius 2 is 2.23 bits per heavy atom. The van der Waals surface area contributed by atoms with Gasteiger partial charge in [-0.05, 0) is 61.8 Å². The fourth-order valence-corrected chi connectivity index (χ4v) is 4.02. The number of hydrogen-bond donors (Lipinski definition) is 2. The highest BCUT2D eigenvalue weighted by Gasteiger charge is 2.23. The number of fused-ring (bicyclic) bond motifs is 1. The highest BCUT2D eigenvalue weighted by molar-refractivity contribution is 5.97. The zero-order valence-corrected chi connectivity index (χ0v) is 14.9. The van der Waals surface area contributed by atoms with Gasteiger partial charge in [0, 0.05) is 31.5 Å². The lowest BCUT2D eigenvalue weighted by molar-refractivity contribution is 0.100. The Balaban J connectivity index is 1.45. The quantitative estimate of drug-likeness (QED) is 0.864. The van der Waals surface area contributed by atoms with E-state index in [-0.39, 0.29) is 0 Å². The fraction of sp³-hybridized carbons (Fsp3) is 0.450. The largest absolute Gasteiger partial charge is 0.369 e. The molecule has 4 rings (SSSR count). The minimum absolute atomic E-state index is 0.409. The van der Waals surface area contributed by atoms with Crippen LogP contribution in [-0.4, -0.2) is 35.5 Å². The molecule has 0 radical (unpaired) electrons. The number of aromatic nitrogens is 2. The van der Waals surface area contributed by atoms with Gasteiger partial charge in [-0.1, -0.05) is 6.07 Å². The Labute approximate surface area is 153 Å². The van der Waals surface area contributed by atoms with Crippen LogP contribution in [0.15, 0.2) is 30.5 Å². The van der Waals surface area contributed by atoms with Crippen molar-refractivity contribution in [2.24, 2.45) is 11.7 Å². The molecule has 0 unspecified atom stereocenters. The van der Waals surface area contributed by atoms with Crippen LogP contribution in [0.2, 0.25) is 0 Å². The molecule has 0 aromatic carbocycles. The Hall–Kier alpha value is -2.63. The van der Waals surface area contributed by atoms with Crippen molar-refractivity contribution in [2.45, 2.75) is 32.1 Å². The number of carbonyl (C=O) groups is 1. The van der Waals surface area contributed by atoms with Crippen LogP contribution < -0.4 is 16.0 Å². The minimum atomic E-state index is -0.409. The summed E-state index contributed by atoms with van der Waals surface area (Å²) in [6, 6.07) is 7.96. The standard InChI is InChI=1S/C20H25N5O/c21-19(26)16-11-15-6-3-7-17(15)24-20(16)23-12-14-5-4-10-25(13-14)18-8-1-2-9-22-18/h1-2,8-9,11,14H,3-7,10,12-13H2,(H2,21,26)(H,23,24)/t14-/m0/s1. The molecule has 1 saturated heterocycles. The lowest BCUT2D eigenvalue weighted by atomic mass is 9.98. The zero-order chi connectivity index (χ0) is 17.9. The first-order chi connectivity index (χ1) is 12.7. The van der Waals surface area contributed by atoms with E-state index in [1.165, 1.54) is 5.56 Å². The van der Waals surface area contributed by atoms with E-state index in [4.69, 9.17) is 10.7 Å². The van der Waals surface area contributed by atoms with Crippen molar-refractivity contribution >= 4 is 17.5 Å². The third kappa shape index (κ3) is 3.49. The number of nitrogens with two attached hydrogens (primary N) is 1. The second-order valence-corrected chi connectivity index (χ2v) is 7.23. The number of aryl methyl sites for hydroxylation is 2. The summed E-state index contributed by atoms with van der Waals surface area (Å²) in [6.07, 6.45) is 7.22. The normalized spacial score (nSPS) is 19.2. The van der Waals surface area contributed by atoms with Crippen molar-refractivity contribution in [3.8, 4) is 0 Å². The summed E-state index contributed by atoms with van der Waals surface area (Å²) in [7, 11) is 0. The van der Waals surface area contributed by atoms with E-state index in [9.17, 15) is 4.79 Å². The molecule has 0 bridgehead atoms. The van der Waals surface area contributed by atoms with Gasteiger partial charge in [-0.3, -0.25) is 4.79 Å². The van der Waals surface area contributed by atoms with E-state index < -0.39 is 5.91 Å². The number of nitrogens with zero attached hydrogens (tertiary/aromatic N) is 3. The molecule has 6 heteroatoms. The molecular formula is C20H25N5O. The number of nitrogens with one attached hydrogen (secondary N) is 1. The Kier molecular flexibility index (Phi) is 4.73. The monoisotopic (exact) mass is 351 g/mol. The Bertz CT molecular complexity index is 792. The zero-order valence-electron chi connectivity index (χ0n) is 14.9. The van der Waals surface area contributed by atoms with Crippen molar-refractivity contribution in [1.29, 1.82) is 0 Å². The summed E-state index contributed by atoms with van der Waals surface area (Å²) >= 11 is 0. The van der Waals surface area contributed by atoms with Gasteiger partial charge < -0.3 is 16.0 Å². The average molecular weight is 351 g/mol. The highest BCUT2D eigenvalue weighted by atomic mass is 16.1. The lowest BCUT2D eigenvalue weighted by Gasteiger charge is -2.33. The first-order valence-electron chi connectivity index (χ1n) is 9.43. The molecule has 1 fully saturated rings. The van der Waals surface area contributed by atoms with E-state index in [2.05, 4.69) is 21.3 Å². The molecule has 0 spiro atoms. The number of carbonyl (C=O) groups excluding carboxylic acids is 1. The summed E-state index contributed by atoms with van der Waals surface area (Å²) in [6.45, 7) is 2.79. The van der Waals surface area contributed by atoms with E-state index in [1.54, 1.807) is 0 Å². The van der Waals surface area contributed by atoms with Gasteiger partial charge in [0.25, 0.3) is 5.91 Å². The molecule has 1 atom stereocenters. The van der Waals surface area contributed by atoms with E-state index >= 15 is 0 Å². The number of pyridine rings is 2. The molecular weight excluding hydrogens is 326 g/mol. The Morgan fingerprint density at radius 3 is 3.04 bits per heavy atom. The van der Waals surface area contributed by atoms with Crippen LogP contribution in [-0.2, 0) is 12.8 Å². The molecule has 0 saturated carbocycles. The minimum Gasteiger partial charge on any atom is -0.369 e. The van der Waals surface area contributed by atoms with Crippen LogP contribution >= 0.6 is 0 Å². The number of primary amides is 1. The topological polar surface area (TPSA) is 84.1 Å². The third-order valence-corrected chi connectivity index (χ3v) is 5.37. The van der Waals surface area contributed by atoms with E-state index in [0.29, 0.717) is 17.3 Å². The molecule has 136 valence electrons. The molecule has 2 aromatic rings. The smallest absolute Gasteiger partial charge is 0.252 e. The highest BCUT2D eigenvalue weighted by Crippen LogP contribution is 2.26. The first kappa shape index (κ1) is 16.8. The average Bonchev–Trinajstić information content (AvgIpc) is 3.14. The summed E-state index contributed by atoms with van der Waals surface area (Å²) in [5, 5.41) is 3.41. The molecule has 3 N–H and O–H groups in total. The number of amides is 1. The van der Waals surface area contributed by atoms with Crippen molar-refractivity contribution in [3.05, 3.63) is 47.3 Å². The summed E-state index contributed by atoms with van der Waals surface area (Å²) < 4.78 is 0. The molecule has 26 heavy (non-hydrogen) atoms. The molecule has 2 aromatic heterocycles. The predicted octanol–water partition coefficient (Wildman–Crippen LogP) is 2.39. The van der Waals surface area contributed by atoms with Crippen molar-refractivity contribution < 1.29 is 4.79 Å². The van der Waals surface area contributed by atoms with Gasteiger partial charge in [0.05, 0.1) is 5.56 Å². The second kappa shape index (κ2) is 7.32. The third-order valence-electron chi connectivity index (χ3n) is 5.37. The molecule has 3 heterocycles. The van der Waals surface area contributed by atoms with Crippen molar-refractivity contribution in [3.63, 3.8) is 0 Å². The number of hydrogen-bond acceptors (Lipinski definition) is 5. The van der Waals surface area contributed by atoms with Crippen LogP contribution in [0, 0.1) is 5.92 Å². The number of anilines is 2. The SMILES string of the molecule is NC(=O)c1cc2c(nc1NC[C@@H]1CCCN(c3ccccn3)C1)CCC2. The van der Waals surface area contributed by atoms with Gasteiger partial charge in [0.2, 0.25) is 0 Å². The van der Waals surface area contributed by atoms with Crippen molar-refractivity contribution in [1.82, 2.24) is 9.97 Å². The molecule has 1 aliphatic carbocycles. The molecule has 1 aliphatic heterocycles. The maximum absolute atomic E-state index is 11.8. The lowest BCUT2D eigenvalue weighted by Crippen LogP contribution is -2.38. The van der Waals surface area contributed by atoms with E-state index in [1.807, 2.05) is 24.4 Å². The predicted molar refractivity (Wildman–Crippen MR) is 102 cm³/mol. The van der Waals surface area contributed by atoms with Crippen LogP contribution in [0.1, 0.15) is 40.9 Å². The number of piperidine rings is 1. The summed E-state index contributed by atoms with van der Waals surface area (Å²) in [5.74, 6) is 1.76. The van der Waals surface area contributed by atoms with Gasteiger partial charge in [0.15, 0.2) is 0 Å². The molecule has 6 nitrogen and oxygen atoms in total. The summed E-state index contributed by atoms with van der Waals surface area (Å²) in [5.41, 5.74) is 8.37. The van der Waals surface area contributed by atoms with Gasteiger partial charge in [0.1, 0.15) is 11.6 Å². The summed E-state index contributed by atoms with van der Waals surface area (Å²) in [4.78, 5) is 23.3. The van der Waals surface area contributed by atoms with Crippen LogP contribution in [0.5, 0.6) is 0 Å². The first-order valence-corrected chi connectivity index (χ1v) is 9.43. The molecule has 2 aliphatic rings. The molecule has 1 amide bonds. The van der Waals surface area contributed by atoms with Gasteiger partial charge in [-0.2, -0.15) is 0 Å². The van der Waals surface area contributed by atoms with Crippen LogP contribution in [0.4, 0.5) is 11.6 Å².